The lowest BCUT2D eigenvalue weighted by atomic mass is 9.99. The van der Waals surface area contributed by atoms with Gasteiger partial charge in [-0.2, -0.15) is 0 Å². The van der Waals surface area contributed by atoms with Crippen molar-refractivity contribution < 1.29 is 13.9 Å². The molecule has 0 saturated carbocycles. The molecule has 0 spiro atoms. The van der Waals surface area contributed by atoms with Gasteiger partial charge in [0.15, 0.2) is 5.76 Å². The summed E-state index contributed by atoms with van der Waals surface area (Å²) in [6, 6.07) is 15.9. The first-order valence-corrected chi connectivity index (χ1v) is 10.7. The number of nitrogens with zero attached hydrogens (tertiary/aromatic N) is 3. The Labute approximate surface area is 180 Å². The molecule has 1 aromatic carbocycles. The van der Waals surface area contributed by atoms with Gasteiger partial charge in [-0.25, -0.2) is 0 Å². The molecule has 3 aromatic rings. The Bertz CT molecular complexity index is 1040. The molecule has 4 heterocycles. The largest absolute Gasteiger partial charge is 0.455 e. The van der Waals surface area contributed by atoms with Crippen LogP contribution in [0.3, 0.4) is 0 Å². The number of carbonyl (C=O) groups excluding carboxylic acids is 1. The van der Waals surface area contributed by atoms with E-state index < -0.39 is 0 Å². The lowest BCUT2D eigenvalue weighted by molar-refractivity contribution is 0.0280. The SMILES string of the molecule is O=C(c1ccc(CN2CCn3cccc3C2c2ccccc2Cl)o1)N1CCOCC1. The topological polar surface area (TPSA) is 50.9 Å². The molecular formula is C23H24ClN3O3. The first kappa shape index (κ1) is 19.4. The van der Waals surface area contributed by atoms with Crippen molar-refractivity contribution in [2.45, 2.75) is 19.1 Å². The number of fused-ring (bicyclic) bond motifs is 1. The summed E-state index contributed by atoms with van der Waals surface area (Å²) in [6.45, 7) is 4.74. The molecule has 0 radical (unpaired) electrons. The van der Waals surface area contributed by atoms with E-state index in [9.17, 15) is 4.79 Å². The summed E-state index contributed by atoms with van der Waals surface area (Å²) in [4.78, 5) is 16.9. The van der Waals surface area contributed by atoms with Crippen LogP contribution in [-0.2, 0) is 17.8 Å². The highest BCUT2D eigenvalue weighted by molar-refractivity contribution is 6.31. The number of rotatable bonds is 4. The molecule has 0 N–H and O–H groups in total. The average Bonchev–Trinajstić information content (AvgIpc) is 3.44. The number of amides is 1. The van der Waals surface area contributed by atoms with Crippen molar-refractivity contribution in [2.75, 3.05) is 32.8 Å². The minimum atomic E-state index is -0.0697. The van der Waals surface area contributed by atoms with Crippen molar-refractivity contribution in [2.24, 2.45) is 0 Å². The van der Waals surface area contributed by atoms with Crippen LogP contribution in [0.1, 0.15) is 33.6 Å². The van der Waals surface area contributed by atoms with Gasteiger partial charge in [-0.3, -0.25) is 9.69 Å². The maximum Gasteiger partial charge on any atom is 0.289 e. The normalized spacial score (nSPS) is 19.6. The first-order valence-electron chi connectivity index (χ1n) is 10.3. The van der Waals surface area contributed by atoms with Gasteiger partial charge in [0, 0.05) is 43.1 Å². The van der Waals surface area contributed by atoms with Crippen LogP contribution in [0.5, 0.6) is 0 Å². The number of halogens is 1. The molecule has 2 aromatic heterocycles. The fourth-order valence-corrected chi connectivity index (χ4v) is 4.59. The quantitative estimate of drug-likeness (QED) is 0.637. The predicted molar refractivity (Wildman–Crippen MR) is 114 cm³/mol. The smallest absolute Gasteiger partial charge is 0.289 e. The van der Waals surface area contributed by atoms with Gasteiger partial charge in [0.2, 0.25) is 0 Å². The highest BCUT2D eigenvalue weighted by Crippen LogP contribution is 2.37. The van der Waals surface area contributed by atoms with Crippen LogP contribution in [-0.4, -0.2) is 53.1 Å². The molecule has 2 aliphatic rings. The van der Waals surface area contributed by atoms with E-state index in [4.69, 9.17) is 20.8 Å². The van der Waals surface area contributed by atoms with Gasteiger partial charge in [0.25, 0.3) is 5.91 Å². The van der Waals surface area contributed by atoms with Gasteiger partial charge in [0.05, 0.1) is 25.8 Å². The second-order valence-electron chi connectivity index (χ2n) is 7.69. The van der Waals surface area contributed by atoms with Gasteiger partial charge in [-0.15, -0.1) is 0 Å². The zero-order chi connectivity index (χ0) is 20.5. The summed E-state index contributed by atoms with van der Waals surface area (Å²) in [5, 5.41) is 0.754. The lowest BCUT2D eigenvalue weighted by Gasteiger charge is -2.37. The number of aromatic nitrogens is 1. The number of ether oxygens (including phenoxy) is 1. The molecule has 6 nitrogen and oxygen atoms in total. The van der Waals surface area contributed by atoms with Crippen LogP contribution in [0.2, 0.25) is 5.02 Å². The molecule has 2 aliphatic heterocycles. The van der Waals surface area contributed by atoms with Gasteiger partial charge in [-0.1, -0.05) is 29.8 Å². The molecule has 1 amide bonds. The summed E-state index contributed by atoms with van der Waals surface area (Å²) in [7, 11) is 0. The van der Waals surface area contributed by atoms with Crippen molar-refractivity contribution in [3.05, 3.63) is 82.5 Å². The van der Waals surface area contributed by atoms with Gasteiger partial charge in [-0.05, 0) is 35.9 Å². The summed E-state index contributed by atoms with van der Waals surface area (Å²) >= 11 is 6.57. The van der Waals surface area contributed by atoms with Crippen molar-refractivity contribution in [3.63, 3.8) is 0 Å². The van der Waals surface area contributed by atoms with E-state index >= 15 is 0 Å². The third kappa shape index (κ3) is 3.67. The van der Waals surface area contributed by atoms with Crippen LogP contribution >= 0.6 is 11.6 Å². The summed E-state index contributed by atoms with van der Waals surface area (Å²) < 4.78 is 13.6. The first-order chi connectivity index (χ1) is 14.7. The average molecular weight is 426 g/mol. The second-order valence-corrected chi connectivity index (χ2v) is 8.10. The maximum absolute atomic E-state index is 12.7. The highest BCUT2D eigenvalue weighted by Gasteiger charge is 2.31. The van der Waals surface area contributed by atoms with Crippen LogP contribution in [0.4, 0.5) is 0 Å². The highest BCUT2D eigenvalue weighted by atomic mass is 35.5. The Morgan fingerprint density at radius 3 is 2.67 bits per heavy atom. The van der Waals surface area contributed by atoms with Crippen molar-refractivity contribution in [1.82, 2.24) is 14.4 Å². The Hall–Kier alpha value is -2.54. The van der Waals surface area contributed by atoms with E-state index in [-0.39, 0.29) is 11.9 Å². The maximum atomic E-state index is 12.7. The molecule has 156 valence electrons. The molecule has 5 rings (SSSR count). The Balaban J connectivity index is 1.39. The standard InChI is InChI=1S/C23H24ClN3O3/c24-19-5-2-1-4-18(19)22-20-6-3-9-25(20)10-11-27(22)16-17-7-8-21(30-17)23(28)26-12-14-29-15-13-26/h1-9,22H,10-16H2. The lowest BCUT2D eigenvalue weighted by Crippen LogP contribution is -2.40. The van der Waals surface area contributed by atoms with Crippen LogP contribution in [0.15, 0.2) is 59.1 Å². The molecule has 1 fully saturated rings. The van der Waals surface area contributed by atoms with Gasteiger partial charge in [0.1, 0.15) is 5.76 Å². The van der Waals surface area contributed by atoms with Crippen LogP contribution in [0, 0.1) is 0 Å². The Kier molecular flexibility index (Phi) is 5.37. The number of hydrogen-bond donors (Lipinski definition) is 0. The molecule has 0 aliphatic carbocycles. The number of benzene rings is 1. The summed E-state index contributed by atoms with van der Waals surface area (Å²) in [5.74, 6) is 1.10. The van der Waals surface area contributed by atoms with E-state index in [1.54, 1.807) is 11.0 Å². The monoisotopic (exact) mass is 425 g/mol. The molecule has 0 bridgehead atoms. The van der Waals surface area contributed by atoms with E-state index in [0.717, 1.165) is 29.4 Å². The van der Waals surface area contributed by atoms with Gasteiger partial charge >= 0.3 is 0 Å². The van der Waals surface area contributed by atoms with Crippen molar-refractivity contribution in [1.29, 1.82) is 0 Å². The third-order valence-corrected chi connectivity index (χ3v) is 6.21. The van der Waals surface area contributed by atoms with Crippen LogP contribution in [0.25, 0.3) is 0 Å². The zero-order valence-electron chi connectivity index (χ0n) is 16.7. The number of carbonyl (C=O) groups is 1. The van der Waals surface area contributed by atoms with E-state index in [1.807, 2.05) is 24.3 Å². The van der Waals surface area contributed by atoms with Crippen molar-refractivity contribution in [3.8, 4) is 0 Å². The van der Waals surface area contributed by atoms with Crippen molar-refractivity contribution >= 4 is 17.5 Å². The molecule has 1 unspecified atom stereocenters. The van der Waals surface area contributed by atoms with E-state index in [0.29, 0.717) is 38.6 Å². The summed E-state index contributed by atoms with van der Waals surface area (Å²) in [5.41, 5.74) is 2.29. The Morgan fingerprint density at radius 1 is 1.00 bits per heavy atom. The molecular weight excluding hydrogens is 402 g/mol. The molecule has 1 saturated heterocycles. The summed E-state index contributed by atoms with van der Waals surface area (Å²) in [6.07, 6.45) is 2.11. The van der Waals surface area contributed by atoms with Gasteiger partial charge < -0.3 is 18.6 Å². The van der Waals surface area contributed by atoms with E-state index in [2.05, 4.69) is 33.9 Å². The van der Waals surface area contributed by atoms with E-state index in [1.165, 1.54) is 5.69 Å². The predicted octanol–water partition coefficient (Wildman–Crippen LogP) is 3.81. The zero-order valence-corrected chi connectivity index (χ0v) is 17.4. The number of morpholine rings is 1. The fraction of sp³-hybridized carbons (Fsp3) is 0.348. The molecule has 30 heavy (non-hydrogen) atoms. The number of furan rings is 1. The molecule has 1 atom stereocenters. The minimum absolute atomic E-state index is 0.0333. The second kappa shape index (κ2) is 8.30. The molecule has 7 heteroatoms. The fourth-order valence-electron chi connectivity index (χ4n) is 4.35. The number of hydrogen-bond acceptors (Lipinski definition) is 4. The van der Waals surface area contributed by atoms with Crippen LogP contribution < -0.4 is 0 Å². The third-order valence-electron chi connectivity index (χ3n) is 5.87. The Morgan fingerprint density at radius 2 is 1.83 bits per heavy atom. The minimum Gasteiger partial charge on any atom is -0.455 e.